The molecule has 5 heteroatoms. The van der Waals surface area contributed by atoms with Crippen molar-refractivity contribution in [3.63, 3.8) is 0 Å². The van der Waals surface area contributed by atoms with Gasteiger partial charge in [-0.1, -0.05) is 29.8 Å². The normalized spacial score (nSPS) is 21.6. The number of rotatable bonds is 1. The Morgan fingerprint density at radius 3 is 2.57 bits per heavy atom. The Labute approximate surface area is 142 Å². The molecule has 1 atom stereocenters. The number of hydrogen-bond acceptors (Lipinski definition) is 4. The maximum absolute atomic E-state index is 6.21. The number of likely N-dealkylation sites (N-methyl/N-ethyl adjacent to an activating group) is 1. The van der Waals surface area contributed by atoms with Gasteiger partial charge in [0.2, 0.25) is 0 Å². The standard InChI is InChI=1S/C18H21ClN4/c1-22-8-10-23(11-9-22)18-14-4-2-3-5-15(14)20-16-7-6-13(19)12-17(16)21-18/h2-7,12,18,20-21H,8-11H2,1H3. The zero-order valence-electron chi connectivity index (χ0n) is 13.2. The predicted molar refractivity (Wildman–Crippen MR) is 96.6 cm³/mol. The Morgan fingerprint density at radius 2 is 1.74 bits per heavy atom. The van der Waals surface area contributed by atoms with Crippen LogP contribution in [-0.2, 0) is 0 Å². The molecular formula is C18H21ClN4. The highest BCUT2D eigenvalue weighted by Crippen LogP contribution is 2.39. The van der Waals surface area contributed by atoms with Gasteiger partial charge in [-0.3, -0.25) is 4.90 Å². The van der Waals surface area contributed by atoms with Crippen molar-refractivity contribution >= 4 is 28.7 Å². The van der Waals surface area contributed by atoms with Crippen LogP contribution in [0, 0.1) is 0 Å². The lowest BCUT2D eigenvalue weighted by atomic mass is 10.1. The number of fused-ring (bicyclic) bond motifs is 2. The first-order valence-electron chi connectivity index (χ1n) is 8.05. The maximum Gasteiger partial charge on any atom is 0.108 e. The van der Waals surface area contributed by atoms with Crippen LogP contribution in [-0.4, -0.2) is 43.0 Å². The van der Waals surface area contributed by atoms with Gasteiger partial charge in [-0.05, 0) is 31.3 Å². The molecule has 0 amide bonds. The first-order chi connectivity index (χ1) is 11.2. The van der Waals surface area contributed by atoms with Crippen molar-refractivity contribution in [3.05, 3.63) is 53.1 Å². The van der Waals surface area contributed by atoms with E-state index in [1.165, 1.54) is 5.56 Å². The Bertz CT molecular complexity index is 710. The molecule has 1 unspecified atom stereocenters. The fourth-order valence-electron chi connectivity index (χ4n) is 3.33. The summed E-state index contributed by atoms with van der Waals surface area (Å²) in [5, 5.41) is 8.00. The highest BCUT2D eigenvalue weighted by molar-refractivity contribution is 6.31. The molecule has 4 nitrogen and oxygen atoms in total. The monoisotopic (exact) mass is 328 g/mol. The van der Waals surface area contributed by atoms with Crippen LogP contribution in [0.15, 0.2) is 42.5 Å². The summed E-state index contributed by atoms with van der Waals surface area (Å²) in [6, 6.07) is 14.5. The number of benzene rings is 2. The van der Waals surface area contributed by atoms with Crippen molar-refractivity contribution in [1.82, 2.24) is 9.80 Å². The third-order valence-corrected chi connectivity index (χ3v) is 4.94. The van der Waals surface area contributed by atoms with Gasteiger partial charge in [0.25, 0.3) is 0 Å². The van der Waals surface area contributed by atoms with E-state index in [-0.39, 0.29) is 6.17 Å². The molecule has 1 saturated heterocycles. The van der Waals surface area contributed by atoms with Gasteiger partial charge in [-0.2, -0.15) is 0 Å². The molecule has 4 rings (SSSR count). The Morgan fingerprint density at radius 1 is 0.957 bits per heavy atom. The summed E-state index contributed by atoms with van der Waals surface area (Å²) in [6.45, 7) is 4.29. The van der Waals surface area contributed by atoms with Gasteiger partial charge in [0.15, 0.2) is 0 Å². The lowest BCUT2D eigenvalue weighted by Gasteiger charge is -2.38. The molecule has 2 N–H and O–H groups in total. The molecule has 0 bridgehead atoms. The van der Waals surface area contributed by atoms with Crippen molar-refractivity contribution in [1.29, 1.82) is 0 Å². The minimum atomic E-state index is 0.159. The third-order valence-electron chi connectivity index (χ3n) is 4.70. The molecule has 2 aromatic carbocycles. The van der Waals surface area contributed by atoms with E-state index in [4.69, 9.17) is 11.6 Å². The molecule has 0 saturated carbocycles. The van der Waals surface area contributed by atoms with Crippen molar-refractivity contribution < 1.29 is 0 Å². The first kappa shape index (κ1) is 14.8. The SMILES string of the molecule is CN1CCN(C2Nc3cc(Cl)ccc3Nc3ccccc32)CC1. The van der Waals surface area contributed by atoms with E-state index in [0.29, 0.717) is 0 Å². The summed E-state index contributed by atoms with van der Waals surface area (Å²) in [6.07, 6.45) is 0.159. The summed E-state index contributed by atoms with van der Waals surface area (Å²) in [4.78, 5) is 4.89. The lowest BCUT2D eigenvalue weighted by Crippen LogP contribution is -2.47. The molecule has 0 aliphatic carbocycles. The minimum absolute atomic E-state index is 0.159. The lowest BCUT2D eigenvalue weighted by molar-refractivity contribution is 0.123. The van der Waals surface area contributed by atoms with Crippen LogP contribution in [0.25, 0.3) is 0 Å². The summed E-state index contributed by atoms with van der Waals surface area (Å²) in [7, 11) is 2.18. The van der Waals surface area contributed by atoms with Crippen molar-refractivity contribution in [2.75, 3.05) is 43.9 Å². The topological polar surface area (TPSA) is 30.5 Å². The first-order valence-corrected chi connectivity index (χ1v) is 8.43. The molecule has 2 aromatic rings. The Hall–Kier alpha value is -1.75. The van der Waals surface area contributed by atoms with Gasteiger partial charge in [-0.15, -0.1) is 0 Å². The van der Waals surface area contributed by atoms with Crippen LogP contribution in [0.3, 0.4) is 0 Å². The van der Waals surface area contributed by atoms with Crippen molar-refractivity contribution in [2.45, 2.75) is 6.17 Å². The van der Waals surface area contributed by atoms with Crippen LogP contribution in [0.2, 0.25) is 5.02 Å². The molecule has 2 heterocycles. The van der Waals surface area contributed by atoms with Gasteiger partial charge in [-0.25, -0.2) is 0 Å². The van der Waals surface area contributed by atoms with Gasteiger partial charge >= 0.3 is 0 Å². The maximum atomic E-state index is 6.21. The van der Waals surface area contributed by atoms with E-state index in [0.717, 1.165) is 48.3 Å². The second-order valence-corrected chi connectivity index (χ2v) is 6.72. The number of nitrogens with one attached hydrogen (secondary N) is 2. The van der Waals surface area contributed by atoms with Gasteiger partial charge in [0, 0.05) is 42.5 Å². The summed E-state index contributed by atoms with van der Waals surface area (Å²) >= 11 is 6.21. The predicted octanol–water partition coefficient (Wildman–Crippen LogP) is 3.76. The third kappa shape index (κ3) is 2.90. The van der Waals surface area contributed by atoms with E-state index in [1.807, 2.05) is 18.2 Å². The largest absolute Gasteiger partial charge is 0.364 e. The molecule has 120 valence electrons. The van der Waals surface area contributed by atoms with Crippen LogP contribution >= 0.6 is 11.6 Å². The van der Waals surface area contributed by atoms with Gasteiger partial charge in [0.1, 0.15) is 6.17 Å². The molecule has 2 aliphatic rings. The zero-order chi connectivity index (χ0) is 15.8. The average molecular weight is 329 g/mol. The number of piperazine rings is 1. The molecule has 0 radical (unpaired) electrons. The van der Waals surface area contributed by atoms with E-state index < -0.39 is 0 Å². The fraction of sp³-hybridized carbons (Fsp3) is 0.333. The number of anilines is 3. The van der Waals surface area contributed by atoms with E-state index >= 15 is 0 Å². The molecule has 0 spiro atoms. The summed E-state index contributed by atoms with van der Waals surface area (Å²) in [5.74, 6) is 0. The van der Waals surface area contributed by atoms with Crippen LogP contribution in [0.4, 0.5) is 17.1 Å². The van der Waals surface area contributed by atoms with Crippen molar-refractivity contribution in [2.24, 2.45) is 0 Å². The zero-order valence-corrected chi connectivity index (χ0v) is 14.0. The summed E-state index contributed by atoms with van der Waals surface area (Å²) < 4.78 is 0. The number of nitrogens with zero attached hydrogens (tertiary/aromatic N) is 2. The van der Waals surface area contributed by atoms with Crippen LogP contribution in [0.5, 0.6) is 0 Å². The van der Waals surface area contributed by atoms with E-state index in [2.05, 4.69) is 51.7 Å². The Balaban J connectivity index is 1.74. The molecule has 0 aromatic heterocycles. The van der Waals surface area contributed by atoms with Crippen molar-refractivity contribution in [3.8, 4) is 0 Å². The molecule has 23 heavy (non-hydrogen) atoms. The average Bonchev–Trinajstić information content (AvgIpc) is 2.72. The number of hydrogen-bond donors (Lipinski definition) is 2. The molecular weight excluding hydrogens is 308 g/mol. The number of para-hydroxylation sites is 1. The van der Waals surface area contributed by atoms with Crippen LogP contribution < -0.4 is 10.6 Å². The van der Waals surface area contributed by atoms with Crippen LogP contribution in [0.1, 0.15) is 11.7 Å². The highest BCUT2D eigenvalue weighted by atomic mass is 35.5. The summed E-state index contributed by atoms with van der Waals surface area (Å²) in [5.41, 5.74) is 4.56. The molecule has 2 aliphatic heterocycles. The minimum Gasteiger partial charge on any atom is -0.364 e. The number of halogens is 1. The smallest absolute Gasteiger partial charge is 0.108 e. The molecule has 1 fully saturated rings. The Kier molecular flexibility index (Phi) is 3.89. The van der Waals surface area contributed by atoms with E-state index in [9.17, 15) is 0 Å². The van der Waals surface area contributed by atoms with Gasteiger partial charge < -0.3 is 15.5 Å². The van der Waals surface area contributed by atoms with E-state index in [1.54, 1.807) is 0 Å². The second kappa shape index (κ2) is 6.04. The van der Waals surface area contributed by atoms with Gasteiger partial charge in [0.05, 0.1) is 11.4 Å². The quantitative estimate of drug-likeness (QED) is 0.834. The second-order valence-electron chi connectivity index (χ2n) is 6.29. The highest BCUT2D eigenvalue weighted by Gasteiger charge is 2.28. The fourth-order valence-corrected chi connectivity index (χ4v) is 3.50.